The third kappa shape index (κ3) is 3.66. The molecule has 1 heterocycles. The fraction of sp³-hybridized carbons (Fsp3) is 0.471. The van der Waals surface area contributed by atoms with E-state index in [0.29, 0.717) is 0 Å². The van der Waals surface area contributed by atoms with Gasteiger partial charge in [0.25, 0.3) is 0 Å². The first kappa shape index (κ1) is 16.1. The second-order valence-corrected chi connectivity index (χ2v) is 5.95. The van der Waals surface area contributed by atoms with E-state index in [2.05, 4.69) is 31.1 Å². The number of benzene rings is 1. The Morgan fingerprint density at radius 3 is 2.57 bits per heavy atom. The molecule has 0 aliphatic rings. The summed E-state index contributed by atoms with van der Waals surface area (Å²) in [4.78, 5) is 0. The number of halogens is 1. The molecule has 1 aromatic heterocycles. The maximum atomic E-state index is 9.71. The molecule has 3 nitrogen and oxygen atoms in total. The average molecular weight is 307 g/mol. The Balaban J connectivity index is 2.16. The minimum Gasteiger partial charge on any atom is -0.396 e. The zero-order chi connectivity index (χ0) is 15.4. The highest BCUT2D eigenvalue weighted by atomic mass is 35.5. The number of aliphatic hydroxyl groups excluding tert-OH is 1. The molecule has 1 N–H and O–H groups in total. The Morgan fingerprint density at radius 1 is 1.29 bits per heavy atom. The molecule has 0 amide bonds. The Labute approximate surface area is 131 Å². The van der Waals surface area contributed by atoms with Gasteiger partial charge in [0, 0.05) is 13.7 Å². The lowest BCUT2D eigenvalue weighted by Gasteiger charge is -2.16. The lowest BCUT2D eigenvalue weighted by atomic mass is 9.93. The number of hydrogen-bond donors (Lipinski definition) is 1. The maximum Gasteiger partial charge on any atom is 0.0849 e. The summed E-state index contributed by atoms with van der Waals surface area (Å²) in [6.07, 6.45) is 2.42. The van der Waals surface area contributed by atoms with Gasteiger partial charge >= 0.3 is 0 Å². The monoisotopic (exact) mass is 306 g/mol. The molecule has 1 aromatic carbocycles. The van der Waals surface area contributed by atoms with Gasteiger partial charge in [0.05, 0.1) is 16.4 Å². The third-order valence-corrected chi connectivity index (χ3v) is 4.45. The van der Waals surface area contributed by atoms with Crippen LogP contribution in [-0.4, -0.2) is 21.5 Å². The van der Waals surface area contributed by atoms with Crippen molar-refractivity contribution in [2.75, 3.05) is 6.61 Å². The van der Waals surface area contributed by atoms with Gasteiger partial charge in [-0.1, -0.05) is 42.8 Å². The van der Waals surface area contributed by atoms with E-state index < -0.39 is 0 Å². The van der Waals surface area contributed by atoms with Gasteiger partial charge in [0.15, 0.2) is 0 Å². The van der Waals surface area contributed by atoms with E-state index >= 15 is 0 Å². The molecule has 0 aliphatic heterocycles. The number of nitrogens with zero attached hydrogens (tertiary/aromatic N) is 2. The molecule has 2 aromatic rings. The third-order valence-electron chi connectivity index (χ3n) is 4.01. The van der Waals surface area contributed by atoms with Gasteiger partial charge in [-0.2, -0.15) is 5.10 Å². The van der Waals surface area contributed by atoms with Crippen molar-refractivity contribution in [2.45, 2.75) is 33.1 Å². The van der Waals surface area contributed by atoms with E-state index in [0.717, 1.165) is 35.7 Å². The van der Waals surface area contributed by atoms with Crippen molar-refractivity contribution in [1.29, 1.82) is 0 Å². The number of aromatic nitrogens is 2. The molecule has 0 aliphatic carbocycles. The maximum absolute atomic E-state index is 9.71. The summed E-state index contributed by atoms with van der Waals surface area (Å²) < 4.78 is 1.85. The second kappa shape index (κ2) is 7.10. The average Bonchev–Trinajstić information content (AvgIpc) is 2.75. The van der Waals surface area contributed by atoms with Crippen LogP contribution in [0.2, 0.25) is 5.02 Å². The van der Waals surface area contributed by atoms with Crippen molar-refractivity contribution >= 4 is 11.6 Å². The van der Waals surface area contributed by atoms with Crippen LogP contribution in [0, 0.1) is 12.8 Å². The van der Waals surface area contributed by atoms with E-state index in [1.165, 1.54) is 11.1 Å². The van der Waals surface area contributed by atoms with E-state index in [1.54, 1.807) is 0 Å². The minimum atomic E-state index is 0.150. The van der Waals surface area contributed by atoms with Crippen LogP contribution in [-0.2, 0) is 26.3 Å². The van der Waals surface area contributed by atoms with Crippen molar-refractivity contribution in [1.82, 2.24) is 9.78 Å². The SMILES string of the molecule is CCc1nn(C)c(CC(CO)Cc2ccccc2C)c1Cl. The van der Waals surface area contributed by atoms with E-state index in [-0.39, 0.29) is 12.5 Å². The van der Waals surface area contributed by atoms with Crippen molar-refractivity contribution < 1.29 is 5.11 Å². The van der Waals surface area contributed by atoms with Crippen LogP contribution in [0.1, 0.15) is 29.4 Å². The molecule has 0 saturated heterocycles. The molecule has 0 fully saturated rings. The molecule has 0 radical (unpaired) electrons. The lowest BCUT2D eigenvalue weighted by molar-refractivity contribution is 0.223. The molecule has 1 atom stereocenters. The Kier molecular flexibility index (Phi) is 5.43. The number of rotatable bonds is 6. The first-order valence-electron chi connectivity index (χ1n) is 7.42. The largest absolute Gasteiger partial charge is 0.396 e. The van der Waals surface area contributed by atoms with Crippen LogP contribution < -0.4 is 0 Å². The van der Waals surface area contributed by atoms with Crippen molar-refractivity contribution in [3.8, 4) is 0 Å². The highest BCUT2D eigenvalue weighted by molar-refractivity contribution is 6.31. The smallest absolute Gasteiger partial charge is 0.0849 e. The summed E-state index contributed by atoms with van der Waals surface area (Å²) in [5, 5.41) is 14.9. The Bertz CT molecular complexity index is 607. The van der Waals surface area contributed by atoms with E-state index in [1.807, 2.05) is 23.9 Å². The quantitative estimate of drug-likeness (QED) is 0.889. The first-order chi connectivity index (χ1) is 10.1. The molecule has 1 unspecified atom stereocenters. The molecular formula is C17H23ClN2O. The summed E-state index contributed by atoms with van der Waals surface area (Å²) in [7, 11) is 1.92. The Hall–Kier alpha value is -1.32. The number of aryl methyl sites for hydroxylation is 3. The van der Waals surface area contributed by atoms with Crippen molar-refractivity contribution in [3.63, 3.8) is 0 Å². The summed E-state index contributed by atoms with van der Waals surface area (Å²) in [5.74, 6) is 0.156. The second-order valence-electron chi connectivity index (χ2n) is 5.57. The highest BCUT2D eigenvalue weighted by Gasteiger charge is 2.18. The van der Waals surface area contributed by atoms with Crippen LogP contribution in [0.15, 0.2) is 24.3 Å². The normalized spacial score (nSPS) is 12.6. The van der Waals surface area contributed by atoms with Gasteiger partial charge in [-0.15, -0.1) is 0 Å². The highest BCUT2D eigenvalue weighted by Crippen LogP contribution is 2.25. The van der Waals surface area contributed by atoms with Crippen LogP contribution >= 0.6 is 11.6 Å². The fourth-order valence-corrected chi connectivity index (χ4v) is 3.04. The molecule has 0 spiro atoms. The molecule has 0 saturated carbocycles. The number of hydrogen-bond acceptors (Lipinski definition) is 2. The van der Waals surface area contributed by atoms with Crippen LogP contribution in [0.5, 0.6) is 0 Å². The predicted octanol–water partition coefficient (Wildman–Crippen LogP) is 3.34. The summed E-state index contributed by atoms with van der Waals surface area (Å²) in [6.45, 7) is 4.31. The van der Waals surface area contributed by atoms with Crippen LogP contribution in [0.25, 0.3) is 0 Å². The molecule has 114 valence electrons. The molecule has 2 rings (SSSR count). The van der Waals surface area contributed by atoms with Crippen LogP contribution in [0.4, 0.5) is 0 Å². The number of aliphatic hydroxyl groups is 1. The van der Waals surface area contributed by atoms with Gasteiger partial charge in [-0.25, -0.2) is 0 Å². The van der Waals surface area contributed by atoms with Gasteiger partial charge in [0.1, 0.15) is 0 Å². The van der Waals surface area contributed by atoms with Crippen LogP contribution in [0.3, 0.4) is 0 Å². The zero-order valence-corrected chi connectivity index (χ0v) is 13.7. The van der Waals surface area contributed by atoms with Gasteiger partial charge in [0.2, 0.25) is 0 Å². The summed E-state index contributed by atoms with van der Waals surface area (Å²) >= 11 is 6.40. The van der Waals surface area contributed by atoms with E-state index in [4.69, 9.17) is 11.6 Å². The minimum absolute atomic E-state index is 0.150. The molecule has 4 heteroatoms. The van der Waals surface area contributed by atoms with Gasteiger partial charge in [-0.3, -0.25) is 4.68 Å². The van der Waals surface area contributed by atoms with Crippen molar-refractivity contribution in [2.24, 2.45) is 13.0 Å². The molecule has 21 heavy (non-hydrogen) atoms. The summed E-state index contributed by atoms with van der Waals surface area (Å²) in [5.41, 5.74) is 4.50. The summed E-state index contributed by atoms with van der Waals surface area (Å²) in [6, 6.07) is 8.32. The van der Waals surface area contributed by atoms with Gasteiger partial charge in [-0.05, 0) is 43.2 Å². The topological polar surface area (TPSA) is 38.0 Å². The Morgan fingerprint density at radius 2 is 2.00 bits per heavy atom. The lowest BCUT2D eigenvalue weighted by Crippen LogP contribution is -2.16. The molecular weight excluding hydrogens is 284 g/mol. The van der Waals surface area contributed by atoms with Crippen molar-refractivity contribution in [3.05, 3.63) is 51.8 Å². The van der Waals surface area contributed by atoms with E-state index in [9.17, 15) is 5.11 Å². The standard InChI is InChI=1S/C17H23ClN2O/c1-4-15-17(18)16(20(3)19-15)10-13(11-21)9-14-8-6-5-7-12(14)2/h5-8,13,21H,4,9-11H2,1-3H3. The zero-order valence-electron chi connectivity index (χ0n) is 12.9. The first-order valence-corrected chi connectivity index (χ1v) is 7.80. The van der Waals surface area contributed by atoms with Gasteiger partial charge < -0.3 is 5.11 Å². The predicted molar refractivity (Wildman–Crippen MR) is 86.8 cm³/mol. The molecule has 0 bridgehead atoms. The fourth-order valence-electron chi connectivity index (χ4n) is 2.67.